The molecule has 0 amide bonds. The van der Waals surface area contributed by atoms with Crippen LogP contribution in [0.2, 0.25) is 0 Å². The van der Waals surface area contributed by atoms with Crippen molar-refractivity contribution in [3.8, 4) is 11.5 Å². The first-order chi connectivity index (χ1) is 13.2. The molecule has 1 fully saturated rings. The SMILES string of the molecule is COc1ccc(OC)c([C@]23CCC[C@H](C2)N(Cc2ccccc2)C=C3Br)c1. The van der Waals surface area contributed by atoms with Crippen LogP contribution in [0.1, 0.15) is 36.8 Å². The van der Waals surface area contributed by atoms with Crippen molar-refractivity contribution in [3.05, 3.63) is 70.3 Å². The van der Waals surface area contributed by atoms with Crippen LogP contribution in [-0.4, -0.2) is 25.2 Å². The van der Waals surface area contributed by atoms with Gasteiger partial charge in [-0.15, -0.1) is 0 Å². The number of benzene rings is 2. The van der Waals surface area contributed by atoms with E-state index in [1.54, 1.807) is 14.2 Å². The highest BCUT2D eigenvalue weighted by atomic mass is 79.9. The molecule has 2 atom stereocenters. The van der Waals surface area contributed by atoms with Crippen LogP contribution < -0.4 is 9.47 Å². The number of allylic oxidation sites excluding steroid dienone is 1. The van der Waals surface area contributed by atoms with Gasteiger partial charge >= 0.3 is 0 Å². The van der Waals surface area contributed by atoms with Gasteiger partial charge in [0.05, 0.1) is 14.2 Å². The van der Waals surface area contributed by atoms with Crippen molar-refractivity contribution in [2.24, 2.45) is 0 Å². The van der Waals surface area contributed by atoms with E-state index in [9.17, 15) is 0 Å². The van der Waals surface area contributed by atoms with Gasteiger partial charge in [-0.25, -0.2) is 0 Å². The lowest BCUT2D eigenvalue weighted by Gasteiger charge is -2.49. The lowest BCUT2D eigenvalue weighted by molar-refractivity contribution is 0.145. The third-order valence-electron chi connectivity index (χ3n) is 6.06. The predicted octanol–water partition coefficient (Wildman–Crippen LogP) is 5.64. The van der Waals surface area contributed by atoms with Crippen molar-refractivity contribution in [2.45, 2.75) is 43.7 Å². The Labute approximate surface area is 170 Å². The van der Waals surface area contributed by atoms with E-state index in [4.69, 9.17) is 9.47 Å². The largest absolute Gasteiger partial charge is 0.497 e. The Morgan fingerprint density at radius 2 is 1.93 bits per heavy atom. The topological polar surface area (TPSA) is 21.7 Å². The fraction of sp³-hybridized carbons (Fsp3) is 0.391. The smallest absolute Gasteiger partial charge is 0.123 e. The first kappa shape index (κ1) is 18.4. The van der Waals surface area contributed by atoms with Gasteiger partial charge in [-0.05, 0) is 43.0 Å². The maximum Gasteiger partial charge on any atom is 0.123 e. The van der Waals surface area contributed by atoms with Crippen LogP contribution in [0.25, 0.3) is 0 Å². The predicted molar refractivity (Wildman–Crippen MR) is 112 cm³/mol. The highest BCUT2D eigenvalue weighted by Gasteiger charge is 2.46. The number of rotatable bonds is 5. The standard InChI is InChI=1S/C23H26BrNO2/c1-26-19-10-11-21(27-2)20(13-19)23-12-6-9-18(14-23)25(16-22(23)24)15-17-7-4-3-5-8-17/h3-5,7-8,10-11,13,16,18H,6,9,12,14-15H2,1-2H3/t18-,23+/m1/s1. The minimum Gasteiger partial charge on any atom is -0.497 e. The fourth-order valence-corrected chi connectivity index (χ4v) is 5.49. The molecule has 0 saturated heterocycles. The van der Waals surface area contributed by atoms with Gasteiger partial charge in [0, 0.05) is 34.2 Å². The van der Waals surface area contributed by atoms with Crippen LogP contribution >= 0.6 is 15.9 Å². The summed E-state index contributed by atoms with van der Waals surface area (Å²) in [6.07, 6.45) is 6.99. The Hall–Kier alpha value is -1.94. The summed E-state index contributed by atoms with van der Waals surface area (Å²) in [5, 5.41) is 0. The zero-order chi connectivity index (χ0) is 18.9. The van der Waals surface area contributed by atoms with Gasteiger partial charge < -0.3 is 14.4 Å². The molecule has 1 aliphatic carbocycles. The second-order valence-corrected chi connectivity index (χ2v) is 8.39. The highest BCUT2D eigenvalue weighted by Crippen LogP contribution is 2.54. The van der Waals surface area contributed by atoms with E-state index in [1.807, 2.05) is 12.1 Å². The van der Waals surface area contributed by atoms with Gasteiger partial charge in [-0.3, -0.25) is 0 Å². The lowest BCUT2D eigenvalue weighted by Crippen LogP contribution is -2.47. The van der Waals surface area contributed by atoms with Crippen molar-refractivity contribution in [2.75, 3.05) is 14.2 Å². The Morgan fingerprint density at radius 3 is 2.67 bits per heavy atom. The van der Waals surface area contributed by atoms with E-state index in [1.165, 1.54) is 28.5 Å². The number of hydrogen-bond acceptors (Lipinski definition) is 3. The summed E-state index contributed by atoms with van der Waals surface area (Å²) in [7, 11) is 3.48. The molecule has 1 saturated carbocycles. The Bertz CT molecular complexity index is 836. The summed E-state index contributed by atoms with van der Waals surface area (Å²) in [5.41, 5.74) is 2.55. The third-order valence-corrected chi connectivity index (χ3v) is 7.02. The lowest BCUT2D eigenvalue weighted by atomic mass is 9.65. The molecular weight excluding hydrogens is 402 g/mol. The zero-order valence-electron chi connectivity index (χ0n) is 16.0. The van der Waals surface area contributed by atoms with Gasteiger partial charge in [0.25, 0.3) is 0 Å². The van der Waals surface area contributed by atoms with E-state index in [2.05, 4.69) is 63.4 Å². The van der Waals surface area contributed by atoms with Gasteiger partial charge in [-0.2, -0.15) is 0 Å². The number of ether oxygens (including phenoxy) is 2. The summed E-state index contributed by atoms with van der Waals surface area (Å²) in [5.74, 6) is 1.83. The fourth-order valence-electron chi connectivity index (χ4n) is 4.65. The summed E-state index contributed by atoms with van der Waals surface area (Å²) in [6, 6.07) is 17.4. The molecule has 27 heavy (non-hydrogen) atoms. The third kappa shape index (κ3) is 3.36. The number of methoxy groups -OCH3 is 2. The van der Waals surface area contributed by atoms with Crippen LogP contribution in [0, 0.1) is 0 Å². The van der Waals surface area contributed by atoms with E-state index in [0.29, 0.717) is 6.04 Å². The van der Waals surface area contributed by atoms with Crippen molar-refractivity contribution in [1.29, 1.82) is 0 Å². The first-order valence-corrected chi connectivity index (χ1v) is 10.4. The van der Waals surface area contributed by atoms with Crippen molar-refractivity contribution < 1.29 is 9.47 Å². The average molecular weight is 428 g/mol. The molecule has 1 aliphatic heterocycles. The molecule has 2 bridgehead atoms. The van der Waals surface area contributed by atoms with Crippen LogP contribution in [0.15, 0.2) is 59.2 Å². The maximum atomic E-state index is 5.74. The molecule has 2 aromatic carbocycles. The summed E-state index contributed by atoms with van der Waals surface area (Å²) >= 11 is 3.96. The van der Waals surface area contributed by atoms with E-state index in [0.717, 1.165) is 30.9 Å². The van der Waals surface area contributed by atoms with E-state index >= 15 is 0 Å². The molecule has 0 spiro atoms. The molecule has 3 nitrogen and oxygen atoms in total. The average Bonchev–Trinajstić information content (AvgIpc) is 2.72. The van der Waals surface area contributed by atoms with Gasteiger partial charge in [0.2, 0.25) is 0 Å². The van der Waals surface area contributed by atoms with Gasteiger partial charge in [0.1, 0.15) is 11.5 Å². The van der Waals surface area contributed by atoms with Crippen molar-refractivity contribution in [3.63, 3.8) is 0 Å². The summed E-state index contributed by atoms with van der Waals surface area (Å²) in [6.45, 7) is 0.950. The quantitative estimate of drug-likeness (QED) is 0.616. The summed E-state index contributed by atoms with van der Waals surface area (Å²) in [4.78, 5) is 2.50. The molecule has 0 N–H and O–H groups in total. The number of hydrogen-bond donors (Lipinski definition) is 0. The monoisotopic (exact) mass is 427 g/mol. The maximum absolute atomic E-state index is 5.74. The van der Waals surface area contributed by atoms with Crippen molar-refractivity contribution >= 4 is 15.9 Å². The number of nitrogens with zero attached hydrogens (tertiary/aromatic N) is 1. The Kier molecular flexibility index (Phi) is 5.18. The second kappa shape index (κ2) is 7.59. The molecule has 4 rings (SSSR count). The van der Waals surface area contributed by atoms with Gasteiger partial charge in [-0.1, -0.05) is 52.7 Å². The molecular formula is C23H26BrNO2. The van der Waals surface area contributed by atoms with Gasteiger partial charge in [0.15, 0.2) is 0 Å². The summed E-state index contributed by atoms with van der Waals surface area (Å²) < 4.78 is 12.5. The second-order valence-electron chi connectivity index (χ2n) is 7.53. The minimum atomic E-state index is -0.0318. The molecule has 1 heterocycles. The first-order valence-electron chi connectivity index (χ1n) is 9.56. The van der Waals surface area contributed by atoms with Crippen molar-refractivity contribution in [1.82, 2.24) is 4.90 Å². The van der Waals surface area contributed by atoms with E-state index < -0.39 is 0 Å². The molecule has 0 radical (unpaired) electrons. The van der Waals surface area contributed by atoms with Crippen LogP contribution in [-0.2, 0) is 12.0 Å². The zero-order valence-corrected chi connectivity index (χ0v) is 17.5. The molecule has 2 aromatic rings. The highest BCUT2D eigenvalue weighted by molar-refractivity contribution is 9.11. The molecule has 4 heteroatoms. The number of halogens is 1. The normalized spacial score (nSPS) is 24.3. The van der Waals surface area contributed by atoms with Crippen LogP contribution in [0.5, 0.6) is 11.5 Å². The molecule has 0 aromatic heterocycles. The van der Waals surface area contributed by atoms with Crippen LogP contribution in [0.4, 0.5) is 0 Å². The molecule has 142 valence electrons. The minimum absolute atomic E-state index is 0.0318. The molecule has 2 aliphatic rings. The Balaban J connectivity index is 1.73. The Morgan fingerprint density at radius 1 is 1.11 bits per heavy atom. The molecule has 0 unspecified atom stereocenters. The van der Waals surface area contributed by atoms with Crippen LogP contribution in [0.3, 0.4) is 0 Å². The van der Waals surface area contributed by atoms with E-state index in [-0.39, 0.29) is 5.41 Å². The number of fused-ring (bicyclic) bond motifs is 2.